The first-order valence-corrected chi connectivity index (χ1v) is 16.6. The molecule has 6 heteroatoms. The monoisotopic (exact) mass is 644 g/mol. The van der Waals surface area contributed by atoms with Crippen molar-refractivity contribution in [1.82, 2.24) is 18.9 Å². The molecule has 0 N–H and O–H groups in total. The highest BCUT2D eigenvalue weighted by Gasteiger charge is 2.17. The Morgan fingerprint density at radius 1 is 0.480 bits per heavy atom. The predicted molar refractivity (Wildman–Crippen MR) is 200 cm³/mol. The summed E-state index contributed by atoms with van der Waals surface area (Å²) < 4.78 is 17.1. The molecule has 0 fully saturated rings. The van der Waals surface area contributed by atoms with Crippen molar-refractivity contribution in [1.29, 1.82) is 0 Å². The van der Waals surface area contributed by atoms with Gasteiger partial charge in [0.1, 0.15) is 23.1 Å². The predicted octanol–water partition coefficient (Wildman–Crippen LogP) is 11.4. The summed E-state index contributed by atoms with van der Waals surface area (Å²) in [6, 6.07) is 54.0. The Bertz CT molecular complexity index is 2830. The molecule has 6 nitrogen and oxygen atoms in total. The molecule has 0 amide bonds. The van der Waals surface area contributed by atoms with E-state index in [2.05, 4.69) is 93.9 Å². The second-order valence-electron chi connectivity index (χ2n) is 12.3. The summed E-state index contributed by atoms with van der Waals surface area (Å²) in [5, 5.41) is 2.29. The van der Waals surface area contributed by atoms with Crippen molar-refractivity contribution in [2.45, 2.75) is 0 Å². The van der Waals surface area contributed by atoms with Gasteiger partial charge in [-0.05, 0) is 82.9 Å². The van der Waals surface area contributed by atoms with Crippen LogP contribution in [0.3, 0.4) is 0 Å². The molecule has 236 valence electrons. The summed E-state index contributed by atoms with van der Waals surface area (Å²) in [5.74, 6) is 3.08. The lowest BCUT2D eigenvalue weighted by Crippen LogP contribution is -1.96. The van der Waals surface area contributed by atoms with E-state index in [0.717, 1.165) is 67.0 Å². The van der Waals surface area contributed by atoms with Crippen LogP contribution in [0.1, 0.15) is 0 Å². The van der Waals surface area contributed by atoms with E-state index >= 15 is 0 Å². The minimum absolute atomic E-state index is 0.690. The Morgan fingerprint density at radius 3 is 1.98 bits per heavy atom. The van der Waals surface area contributed by atoms with Crippen LogP contribution in [0.2, 0.25) is 0 Å². The molecule has 4 aromatic heterocycles. The maximum Gasteiger partial charge on any atom is 0.225 e. The Morgan fingerprint density at radius 2 is 1.20 bits per heavy atom. The van der Waals surface area contributed by atoms with Gasteiger partial charge in [-0.15, -0.1) is 0 Å². The van der Waals surface area contributed by atoms with Crippen molar-refractivity contribution in [3.63, 3.8) is 0 Å². The van der Waals surface area contributed by atoms with Crippen LogP contribution < -0.4 is 4.74 Å². The van der Waals surface area contributed by atoms with Crippen LogP contribution in [0.5, 0.6) is 11.5 Å². The van der Waals surface area contributed by atoms with Crippen LogP contribution >= 0.6 is 0 Å². The average molecular weight is 645 g/mol. The van der Waals surface area contributed by atoms with Gasteiger partial charge < -0.3 is 9.15 Å². The molecule has 0 saturated carbocycles. The van der Waals surface area contributed by atoms with Gasteiger partial charge in [-0.3, -0.25) is 8.97 Å². The van der Waals surface area contributed by atoms with Gasteiger partial charge in [-0.25, -0.2) is 9.97 Å². The molecule has 0 aliphatic heterocycles. The molecule has 0 bridgehead atoms. The van der Waals surface area contributed by atoms with Crippen LogP contribution in [0.25, 0.3) is 78.1 Å². The Kier molecular flexibility index (Phi) is 6.39. The fraction of sp³-hybridized carbons (Fsp3) is 0. The first-order chi connectivity index (χ1) is 24.8. The molecule has 10 aromatic rings. The summed E-state index contributed by atoms with van der Waals surface area (Å²) in [5.41, 5.74) is 10.1. The van der Waals surface area contributed by atoms with Gasteiger partial charge in [0, 0.05) is 28.6 Å². The summed E-state index contributed by atoms with van der Waals surface area (Å²) in [7, 11) is 0. The molecule has 0 aliphatic carbocycles. The van der Waals surface area contributed by atoms with E-state index < -0.39 is 0 Å². The normalized spacial score (nSPS) is 11.6. The van der Waals surface area contributed by atoms with E-state index in [-0.39, 0.29) is 0 Å². The molecule has 0 atom stereocenters. The third-order valence-corrected chi connectivity index (χ3v) is 9.30. The van der Waals surface area contributed by atoms with Crippen LogP contribution in [-0.2, 0) is 0 Å². The van der Waals surface area contributed by atoms with E-state index in [1.54, 1.807) is 6.20 Å². The number of aromatic nitrogens is 4. The van der Waals surface area contributed by atoms with Gasteiger partial charge >= 0.3 is 0 Å². The zero-order valence-electron chi connectivity index (χ0n) is 26.8. The number of hydrogen-bond donors (Lipinski definition) is 0. The van der Waals surface area contributed by atoms with Crippen LogP contribution in [0, 0.1) is 0 Å². The zero-order chi connectivity index (χ0) is 33.0. The number of oxazole rings is 1. The largest absolute Gasteiger partial charge is 0.457 e. The van der Waals surface area contributed by atoms with Crippen molar-refractivity contribution >= 4 is 38.6 Å². The van der Waals surface area contributed by atoms with Gasteiger partial charge in [0.25, 0.3) is 0 Å². The Hall–Kier alpha value is -6.92. The van der Waals surface area contributed by atoms with Crippen molar-refractivity contribution in [2.75, 3.05) is 0 Å². The molecule has 6 aromatic carbocycles. The van der Waals surface area contributed by atoms with Crippen molar-refractivity contribution in [3.8, 4) is 51.0 Å². The molecule has 10 rings (SSSR count). The summed E-state index contributed by atoms with van der Waals surface area (Å²) in [6.07, 6.45) is 3.60. The van der Waals surface area contributed by atoms with Crippen LogP contribution in [0.4, 0.5) is 0 Å². The molecular weight excluding hydrogens is 617 g/mol. The van der Waals surface area contributed by atoms with Crippen LogP contribution in [0.15, 0.2) is 175 Å². The van der Waals surface area contributed by atoms with E-state index in [9.17, 15) is 0 Å². The minimum atomic E-state index is 0.690. The van der Waals surface area contributed by atoms with Gasteiger partial charge in [0.15, 0.2) is 5.58 Å². The summed E-state index contributed by atoms with van der Waals surface area (Å²) in [4.78, 5) is 9.47. The van der Waals surface area contributed by atoms with Crippen LogP contribution in [-0.4, -0.2) is 18.9 Å². The minimum Gasteiger partial charge on any atom is -0.457 e. The van der Waals surface area contributed by atoms with Gasteiger partial charge in [-0.1, -0.05) is 91.0 Å². The highest BCUT2D eigenvalue weighted by molar-refractivity contribution is 6.10. The van der Waals surface area contributed by atoms with Crippen molar-refractivity contribution in [3.05, 3.63) is 170 Å². The fourth-order valence-electron chi connectivity index (χ4n) is 6.99. The molecule has 0 aliphatic rings. The van der Waals surface area contributed by atoms with E-state index in [0.29, 0.717) is 11.5 Å². The quantitative estimate of drug-likeness (QED) is 0.181. The lowest BCUT2D eigenvalue weighted by molar-refractivity contribution is 0.483. The standard InChI is InChI=1S/C44H28N4O2/c1-3-10-29(11-4-1)31-17-21-38-37(25-31)36-20-19-35(27-40(36)47(38)42-16-7-8-23-45-42)49-34-15-9-14-33(24-34)44-46-28-43-48(44)39-22-18-32(26-41(39)50-43)30-12-5-2-6-13-30/h1-28H. The SMILES string of the molecule is c1ccc(-c2ccc3c(c2)oc2cnc(-c4cccc(Oc5ccc6c7cc(-c8ccccc8)ccc7n(-c7ccccn7)c6c5)c4)n23)cc1. The third kappa shape index (κ3) is 4.65. The lowest BCUT2D eigenvalue weighted by atomic mass is 10.0. The molecular formula is C44H28N4O2. The maximum absolute atomic E-state index is 6.56. The number of nitrogens with zero attached hydrogens (tertiary/aromatic N) is 4. The fourth-order valence-corrected chi connectivity index (χ4v) is 6.99. The first kappa shape index (κ1) is 28.1. The molecule has 0 unspecified atom stereocenters. The number of benzene rings is 6. The molecule has 0 radical (unpaired) electrons. The third-order valence-electron chi connectivity index (χ3n) is 9.30. The van der Waals surface area contributed by atoms with Crippen molar-refractivity contribution < 1.29 is 9.15 Å². The number of hydrogen-bond acceptors (Lipinski definition) is 4. The lowest BCUT2D eigenvalue weighted by Gasteiger charge is -2.10. The second kappa shape index (κ2) is 11.4. The van der Waals surface area contributed by atoms with E-state index in [1.165, 1.54) is 11.1 Å². The number of rotatable bonds is 6. The smallest absolute Gasteiger partial charge is 0.225 e. The van der Waals surface area contributed by atoms with Gasteiger partial charge in [0.2, 0.25) is 5.71 Å². The zero-order valence-corrected chi connectivity index (χ0v) is 26.8. The highest BCUT2D eigenvalue weighted by Crippen LogP contribution is 2.38. The molecule has 0 saturated heterocycles. The Balaban J connectivity index is 1.04. The topological polar surface area (TPSA) is 57.5 Å². The first-order valence-electron chi connectivity index (χ1n) is 16.6. The van der Waals surface area contributed by atoms with Crippen molar-refractivity contribution in [2.24, 2.45) is 0 Å². The number of fused-ring (bicyclic) bond motifs is 6. The summed E-state index contributed by atoms with van der Waals surface area (Å²) in [6.45, 7) is 0. The van der Waals surface area contributed by atoms with Gasteiger partial charge in [0.05, 0.1) is 22.7 Å². The highest BCUT2D eigenvalue weighted by atomic mass is 16.5. The average Bonchev–Trinajstić information content (AvgIpc) is 3.85. The number of imidazole rings is 1. The molecule has 4 heterocycles. The second-order valence-corrected chi connectivity index (χ2v) is 12.3. The van der Waals surface area contributed by atoms with E-state index in [4.69, 9.17) is 19.1 Å². The molecule has 0 spiro atoms. The summed E-state index contributed by atoms with van der Waals surface area (Å²) >= 11 is 0. The van der Waals surface area contributed by atoms with Gasteiger partial charge in [-0.2, -0.15) is 0 Å². The Labute approximate surface area is 287 Å². The number of ether oxygens (including phenoxy) is 1. The van der Waals surface area contributed by atoms with E-state index in [1.807, 2.05) is 79.0 Å². The number of pyridine rings is 1. The molecule has 50 heavy (non-hydrogen) atoms. The maximum atomic E-state index is 6.56.